The number of phenolic OH excluding ortho intramolecular Hbond substituents is 1. The zero-order valence-corrected chi connectivity index (χ0v) is 13.7. The normalized spacial score (nSPS) is 10.5. The first-order valence-electron chi connectivity index (χ1n) is 7.89. The minimum Gasteiger partial charge on any atom is -0.508 e. The SMILES string of the molecule is O=C(CCc1nc2ccccc2c(=O)[nH]1)NNC(=O)c1ccc(O)cc1. The lowest BCUT2D eigenvalue weighted by Crippen LogP contribution is -2.41. The van der Waals surface area contributed by atoms with Crippen molar-refractivity contribution in [3.8, 4) is 5.75 Å². The van der Waals surface area contributed by atoms with Crippen LogP contribution in [0, 0.1) is 0 Å². The fourth-order valence-corrected chi connectivity index (χ4v) is 2.36. The maximum atomic E-state index is 12.0. The fraction of sp³-hybridized carbons (Fsp3) is 0.111. The molecule has 2 amide bonds. The van der Waals surface area contributed by atoms with E-state index in [0.29, 0.717) is 22.3 Å². The summed E-state index contributed by atoms with van der Waals surface area (Å²) >= 11 is 0. The Kier molecular flexibility index (Phi) is 4.93. The number of nitrogens with zero attached hydrogens (tertiary/aromatic N) is 1. The summed E-state index contributed by atoms with van der Waals surface area (Å²) in [6, 6.07) is 12.5. The summed E-state index contributed by atoms with van der Waals surface area (Å²) in [5, 5.41) is 9.68. The zero-order chi connectivity index (χ0) is 18.5. The van der Waals surface area contributed by atoms with E-state index in [1.807, 2.05) is 0 Å². The summed E-state index contributed by atoms with van der Waals surface area (Å²) in [7, 11) is 0. The zero-order valence-electron chi connectivity index (χ0n) is 13.7. The molecule has 132 valence electrons. The first kappa shape index (κ1) is 17.2. The second-order valence-electron chi connectivity index (χ2n) is 5.58. The third kappa shape index (κ3) is 4.04. The number of aromatic nitrogens is 2. The quantitative estimate of drug-likeness (QED) is 0.522. The number of rotatable bonds is 4. The van der Waals surface area contributed by atoms with Crippen LogP contribution in [-0.4, -0.2) is 26.9 Å². The molecule has 0 radical (unpaired) electrons. The Bertz CT molecular complexity index is 1010. The number of fused-ring (bicyclic) bond motifs is 1. The van der Waals surface area contributed by atoms with Crippen LogP contribution in [0.3, 0.4) is 0 Å². The summed E-state index contributed by atoms with van der Waals surface area (Å²) in [6.45, 7) is 0. The van der Waals surface area contributed by atoms with Crippen molar-refractivity contribution in [1.29, 1.82) is 0 Å². The van der Waals surface area contributed by atoms with Crippen molar-refractivity contribution in [2.24, 2.45) is 0 Å². The van der Waals surface area contributed by atoms with Gasteiger partial charge in [0.2, 0.25) is 5.91 Å². The number of carbonyl (C=O) groups is 2. The third-order valence-electron chi connectivity index (χ3n) is 3.70. The summed E-state index contributed by atoms with van der Waals surface area (Å²) in [4.78, 5) is 42.7. The number of phenols is 1. The van der Waals surface area contributed by atoms with Crippen LogP contribution in [0.4, 0.5) is 0 Å². The Morgan fingerprint density at radius 3 is 2.54 bits per heavy atom. The standard InChI is InChI=1S/C18H16N4O4/c23-12-7-5-11(6-8-12)17(25)22-21-16(24)10-9-15-19-14-4-2-1-3-13(14)18(26)20-15/h1-8,23H,9-10H2,(H,21,24)(H,22,25)(H,19,20,26). The predicted molar refractivity (Wildman–Crippen MR) is 94.4 cm³/mol. The van der Waals surface area contributed by atoms with E-state index >= 15 is 0 Å². The Morgan fingerprint density at radius 1 is 1.04 bits per heavy atom. The van der Waals surface area contributed by atoms with E-state index in [0.717, 1.165) is 0 Å². The van der Waals surface area contributed by atoms with Crippen molar-refractivity contribution in [1.82, 2.24) is 20.8 Å². The van der Waals surface area contributed by atoms with Crippen molar-refractivity contribution in [2.75, 3.05) is 0 Å². The number of aryl methyl sites for hydroxylation is 1. The summed E-state index contributed by atoms with van der Waals surface area (Å²) in [6.07, 6.45) is 0.262. The van der Waals surface area contributed by atoms with Crippen LogP contribution in [-0.2, 0) is 11.2 Å². The molecular formula is C18H16N4O4. The van der Waals surface area contributed by atoms with Gasteiger partial charge in [0.25, 0.3) is 11.5 Å². The van der Waals surface area contributed by atoms with Gasteiger partial charge in [-0.05, 0) is 36.4 Å². The molecule has 8 heteroatoms. The molecule has 8 nitrogen and oxygen atoms in total. The largest absolute Gasteiger partial charge is 0.508 e. The number of hydrogen-bond donors (Lipinski definition) is 4. The van der Waals surface area contributed by atoms with E-state index in [1.165, 1.54) is 24.3 Å². The highest BCUT2D eigenvalue weighted by molar-refractivity contribution is 5.95. The van der Waals surface area contributed by atoms with Gasteiger partial charge in [0, 0.05) is 18.4 Å². The smallest absolute Gasteiger partial charge is 0.269 e. The van der Waals surface area contributed by atoms with Crippen molar-refractivity contribution < 1.29 is 14.7 Å². The lowest BCUT2D eigenvalue weighted by Gasteiger charge is -2.07. The number of nitrogens with one attached hydrogen (secondary N) is 3. The minimum atomic E-state index is -0.504. The Labute approximate surface area is 147 Å². The predicted octanol–water partition coefficient (Wildman–Crippen LogP) is 1.02. The number of benzene rings is 2. The van der Waals surface area contributed by atoms with E-state index in [4.69, 9.17) is 0 Å². The molecule has 0 saturated carbocycles. The molecule has 0 bridgehead atoms. The van der Waals surface area contributed by atoms with Crippen molar-refractivity contribution >= 4 is 22.7 Å². The molecule has 0 aliphatic rings. The molecule has 1 aromatic heterocycles. The summed E-state index contributed by atoms with van der Waals surface area (Å²) in [5.41, 5.74) is 5.18. The van der Waals surface area contributed by atoms with E-state index < -0.39 is 11.8 Å². The van der Waals surface area contributed by atoms with Gasteiger partial charge in [0.05, 0.1) is 10.9 Å². The minimum absolute atomic E-state index is 0.0388. The van der Waals surface area contributed by atoms with Gasteiger partial charge in [-0.3, -0.25) is 25.2 Å². The van der Waals surface area contributed by atoms with Crippen LogP contribution in [0.5, 0.6) is 5.75 Å². The van der Waals surface area contributed by atoms with Crippen LogP contribution >= 0.6 is 0 Å². The average molecular weight is 352 g/mol. The lowest BCUT2D eigenvalue weighted by molar-refractivity contribution is -0.121. The molecule has 3 rings (SSSR count). The molecule has 0 unspecified atom stereocenters. The molecular weight excluding hydrogens is 336 g/mol. The number of hydrogen-bond acceptors (Lipinski definition) is 5. The number of aromatic hydroxyl groups is 1. The molecule has 2 aromatic carbocycles. The first-order valence-corrected chi connectivity index (χ1v) is 7.89. The molecule has 0 saturated heterocycles. The number of aromatic amines is 1. The summed E-state index contributed by atoms with van der Waals surface area (Å²) < 4.78 is 0. The number of amides is 2. The topological polar surface area (TPSA) is 124 Å². The highest BCUT2D eigenvalue weighted by Gasteiger charge is 2.09. The highest BCUT2D eigenvalue weighted by atomic mass is 16.3. The monoisotopic (exact) mass is 352 g/mol. The van der Waals surface area contributed by atoms with E-state index in [2.05, 4.69) is 20.8 Å². The third-order valence-corrected chi connectivity index (χ3v) is 3.70. The lowest BCUT2D eigenvalue weighted by atomic mass is 10.2. The van der Waals surface area contributed by atoms with Crippen LogP contribution in [0.25, 0.3) is 10.9 Å². The number of para-hydroxylation sites is 1. The van der Waals surface area contributed by atoms with Crippen molar-refractivity contribution in [2.45, 2.75) is 12.8 Å². The average Bonchev–Trinajstić information content (AvgIpc) is 2.65. The van der Waals surface area contributed by atoms with Gasteiger partial charge in [-0.25, -0.2) is 4.98 Å². The fourth-order valence-electron chi connectivity index (χ4n) is 2.36. The van der Waals surface area contributed by atoms with Gasteiger partial charge < -0.3 is 10.1 Å². The summed E-state index contributed by atoms with van der Waals surface area (Å²) in [5.74, 6) is -0.486. The van der Waals surface area contributed by atoms with Gasteiger partial charge in [-0.15, -0.1) is 0 Å². The van der Waals surface area contributed by atoms with Gasteiger partial charge in [0.15, 0.2) is 0 Å². The molecule has 0 atom stereocenters. The second kappa shape index (κ2) is 7.47. The van der Waals surface area contributed by atoms with Gasteiger partial charge in [-0.1, -0.05) is 12.1 Å². The Morgan fingerprint density at radius 2 is 1.77 bits per heavy atom. The van der Waals surface area contributed by atoms with E-state index in [-0.39, 0.29) is 24.2 Å². The van der Waals surface area contributed by atoms with Crippen LogP contribution in [0.2, 0.25) is 0 Å². The highest BCUT2D eigenvalue weighted by Crippen LogP contribution is 2.09. The van der Waals surface area contributed by atoms with E-state index in [1.54, 1.807) is 24.3 Å². The molecule has 0 aliphatic carbocycles. The Hall–Kier alpha value is -3.68. The molecule has 0 fully saturated rings. The number of hydrazine groups is 1. The molecule has 1 heterocycles. The van der Waals surface area contributed by atoms with E-state index in [9.17, 15) is 19.5 Å². The van der Waals surface area contributed by atoms with Crippen LogP contribution < -0.4 is 16.4 Å². The number of H-pyrrole nitrogens is 1. The van der Waals surface area contributed by atoms with Gasteiger partial charge >= 0.3 is 0 Å². The molecule has 0 spiro atoms. The molecule has 26 heavy (non-hydrogen) atoms. The number of carbonyl (C=O) groups excluding carboxylic acids is 2. The van der Waals surface area contributed by atoms with Crippen LogP contribution in [0.15, 0.2) is 53.3 Å². The maximum Gasteiger partial charge on any atom is 0.269 e. The maximum absolute atomic E-state index is 12.0. The molecule has 3 aromatic rings. The van der Waals surface area contributed by atoms with Crippen molar-refractivity contribution in [3.05, 3.63) is 70.3 Å². The molecule has 4 N–H and O–H groups in total. The van der Waals surface area contributed by atoms with Gasteiger partial charge in [0.1, 0.15) is 11.6 Å². The second-order valence-corrected chi connectivity index (χ2v) is 5.58. The van der Waals surface area contributed by atoms with Crippen molar-refractivity contribution in [3.63, 3.8) is 0 Å². The molecule has 0 aliphatic heterocycles. The van der Waals surface area contributed by atoms with Gasteiger partial charge in [-0.2, -0.15) is 0 Å². The first-order chi connectivity index (χ1) is 12.5. The van der Waals surface area contributed by atoms with Crippen LogP contribution in [0.1, 0.15) is 22.6 Å². The Balaban J connectivity index is 1.55.